The van der Waals surface area contributed by atoms with Crippen molar-refractivity contribution >= 4 is 27.5 Å². The molecule has 9 nitrogen and oxygen atoms in total. The van der Waals surface area contributed by atoms with Gasteiger partial charge in [-0.2, -0.15) is 0 Å². The minimum atomic E-state index is -4.27. The number of sulfonamides is 1. The van der Waals surface area contributed by atoms with E-state index >= 15 is 0 Å². The Kier molecular flexibility index (Phi) is 12.2. The van der Waals surface area contributed by atoms with Gasteiger partial charge < -0.3 is 19.7 Å². The first-order chi connectivity index (χ1) is 24.1. The molecule has 50 heavy (non-hydrogen) atoms. The fraction of sp³-hybridized carbons (Fsp3) is 0.350. The van der Waals surface area contributed by atoms with Gasteiger partial charge in [-0.3, -0.25) is 13.9 Å². The molecular weight excluding hydrogens is 651 g/mol. The van der Waals surface area contributed by atoms with Crippen molar-refractivity contribution < 1.29 is 27.5 Å². The van der Waals surface area contributed by atoms with E-state index in [4.69, 9.17) is 9.47 Å². The molecule has 1 aliphatic rings. The van der Waals surface area contributed by atoms with Crippen molar-refractivity contribution in [1.82, 2.24) is 10.2 Å². The highest BCUT2D eigenvalue weighted by molar-refractivity contribution is 7.92. The molecule has 0 spiro atoms. The van der Waals surface area contributed by atoms with Gasteiger partial charge in [0.05, 0.1) is 24.8 Å². The lowest BCUT2D eigenvalue weighted by molar-refractivity contribution is -0.140. The molecule has 4 aromatic carbocycles. The molecule has 0 aromatic heterocycles. The van der Waals surface area contributed by atoms with Crippen LogP contribution in [-0.4, -0.2) is 58.0 Å². The van der Waals surface area contributed by atoms with Gasteiger partial charge in [-0.05, 0) is 79.8 Å². The first kappa shape index (κ1) is 36.5. The van der Waals surface area contributed by atoms with Crippen molar-refractivity contribution in [2.24, 2.45) is 0 Å². The smallest absolute Gasteiger partial charge is 0.264 e. The first-order valence-electron chi connectivity index (χ1n) is 17.1. The lowest BCUT2D eigenvalue weighted by atomic mass is 9.94. The molecule has 0 radical (unpaired) electrons. The van der Waals surface area contributed by atoms with E-state index in [1.807, 2.05) is 74.5 Å². The number of nitrogens with one attached hydrogen (secondary N) is 1. The summed E-state index contributed by atoms with van der Waals surface area (Å²) in [6.07, 6.45) is 5.20. The third-order valence-corrected chi connectivity index (χ3v) is 11.0. The van der Waals surface area contributed by atoms with Crippen molar-refractivity contribution in [3.05, 3.63) is 119 Å². The van der Waals surface area contributed by atoms with Crippen LogP contribution >= 0.6 is 0 Å². The van der Waals surface area contributed by atoms with Crippen LogP contribution in [-0.2, 0) is 32.6 Å². The maximum atomic E-state index is 14.9. The van der Waals surface area contributed by atoms with Crippen LogP contribution in [0.5, 0.6) is 11.5 Å². The average molecular weight is 698 g/mol. The molecule has 0 saturated heterocycles. The van der Waals surface area contributed by atoms with Gasteiger partial charge in [0.25, 0.3) is 10.0 Å². The van der Waals surface area contributed by atoms with E-state index in [1.165, 1.54) is 24.1 Å². The molecule has 2 amide bonds. The summed E-state index contributed by atoms with van der Waals surface area (Å²) in [5, 5.41) is 3.25. The highest BCUT2D eigenvalue weighted by atomic mass is 32.2. The van der Waals surface area contributed by atoms with Crippen LogP contribution in [0.15, 0.2) is 102 Å². The Bertz CT molecular complexity index is 1860. The SMILES string of the molecule is COc1cccc(CN(C(=O)CN(c2cc(C)ccc2OC)S(=O)(=O)c2ccc(C)cc2)[C@@H](Cc2ccccc2)C(=O)NC2CCCCC2)c1. The molecule has 4 aromatic rings. The number of hydrogen-bond donors (Lipinski definition) is 1. The molecule has 1 fully saturated rings. The Balaban J connectivity index is 1.61. The number of carbonyl (C=O) groups is 2. The maximum Gasteiger partial charge on any atom is 0.264 e. The van der Waals surface area contributed by atoms with Crippen molar-refractivity contribution in [3.8, 4) is 11.5 Å². The summed E-state index contributed by atoms with van der Waals surface area (Å²) in [4.78, 5) is 30.8. The standard InChI is InChI=1S/C40H47N3O6S/c1-29-18-21-35(22-19-29)50(46,47)43(36-24-30(2)20-23-38(36)49-4)28-39(44)42(27-32-14-11-17-34(25-32)48-3)37(26-31-12-7-5-8-13-31)40(45)41-33-15-9-6-10-16-33/h5,7-8,11-14,17-25,33,37H,6,9-10,15-16,26-28H2,1-4H3,(H,41,45)/t37-/m0/s1. The molecule has 0 bridgehead atoms. The lowest BCUT2D eigenvalue weighted by Gasteiger charge is -2.35. The molecule has 5 rings (SSSR count). The number of methoxy groups -OCH3 is 2. The third kappa shape index (κ3) is 9.04. The number of amides is 2. The Hall–Kier alpha value is -4.83. The number of aryl methyl sites for hydroxylation is 2. The topological polar surface area (TPSA) is 105 Å². The van der Waals surface area contributed by atoms with Crippen molar-refractivity contribution in [1.29, 1.82) is 0 Å². The van der Waals surface area contributed by atoms with Gasteiger partial charge in [-0.25, -0.2) is 8.42 Å². The number of hydrogen-bond acceptors (Lipinski definition) is 6. The molecule has 0 heterocycles. The van der Waals surface area contributed by atoms with Gasteiger partial charge in [-0.1, -0.05) is 85.5 Å². The summed E-state index contributed by atoms with van der Waals surface area (Å²) in [7, 11) is -1.24. The molecule has 1 N–H and O–H groups in total. The van der Waals surface area contributed by atoms with Crippen LogP contribution in [0, 0.1) is 13.8 Å². The van der Waals surface area contributed by atoms with Crippen LogP contribution < -0.4 is 19.1 Å². The highest BCUT2D eigenvalue weighted by Gasteiger charge is 2.36. The molecule has 0 aliphatic heterocycles. The van der Waals surface area contributed by atoms with Gasteiger partial charge >= 0.3 is 0 Å². The van der Waals surface area contributed by atoms with Crippen molar-refractivity contribution in [3.63, 3.8) is 0 Å². The van der Waals surface area contributed by atoms with Gasteiger partial charge in [0.15, 0.2) is 0 Å². The Morgan fingerprint density at radius 2 is 1.48 bits per heavy atom. The van der Waals surface area contributed by atoms with E-state index in [1.54, 1.807) is 31.4 Å². The molecule has 264 valence electrons. The summed E-state index contributed by atoms with van der Waals surface area (Å²) in [6, 6.07) is 27.7. The van der Waals surface area contributed by atoms with Crippen LogP contribution in [0.3, 0.4) is 0 Å². The van der Waals surface area contributed by atoms with Crippen LogP contribution in [0.4, 0.5) is 5.69 Å². The monoisotopic (exact) mass is 697 g/mol. The lowest BCUT2D eigenvalue weighted by Crippen LogP contribution is -2.55. The van der Waals surface area contributed by atoms with Gasteiger partial charge in [0, 0.05) is 19.0 Å². The zero-order chi connectivity index (χ0) is 35.7. The van der Waals surface area contributed by atoms with E-state index in [-0.39, 0.29) is 35.5 Å². The second-order valence-electron chi connectivity index (χ2n) is 12.9. The summed E-state index contributed by atoms with van der Waals surface area (Å²) in [5.74, 6) is 0.105. The zero-order valence-electron chi connectivity index (χ0n) is 29.3. The molecule has 1 aliphatic carbocycles. The molecule has 10 heteroatoms. The Morgan fingerprint density at radius 1 is 0.800 bits per heavy atom. The number of carbonyl (C=O) groups excluding carboxylic acids is 2. The maximum absolute atomic E-state index is 14.9. The second-order valence-corrected chi connectivity index (χ2v) is 14.8. The Morgan fingerprint density at radius 3 is 2.16 bits per heavy atom. The largest absolute Gasteiger partial charge is 0.497 e. The number of ether oxygens (including phenoxy) is 2. The van der Waals surface area contributed by atoms with Crippen molar-refractivity contribution in [2.75, 3.05) is 25.1 Å². The summed E-state index contributed by atoms with van der Waals surface area (Å²) in [5.41, 5.74) is 3.54. The second kappa shape index (κ2) is 16.7. The summed E-state index contributed by atoms with van der Waals surface area (Å²) in [6.45, 7) is 3.21. The molecule has 1 saturated carbocycles. The normalized spacial score (nSPS) is 14.0. The number of benzene rings is 4. The van der Waals surface area contributed by atoms with Gasteiger partial charge in [-0.15, -0.1) is 0 Å². The fourth-order valence-electron chi connectivity index (χ4n) is 6.41. The molecule has 1 atom stereocenters. The van der Waals surface area contributed by atoms with Crippen LogP contribution in [0.2, 0.25) is 0 Å². The predicted octanol–water partition coefficient (Wildman–Crippen LogP) is 6.60. The fourth-order valence-corrected chi connectivity index (χ4v) is 7.83. The Labute approximate surface area is 296 Å². The van der Waals surface area contributed by atoms with E-state index in [2.05, 4.69) is 5.32 Å². The molecular formula is C40H47N3O6S. The highest BCUT2D eigenvalue weighted by Crippen LogP contribution is 2.34. The summed E-state index contributed by atoms with van der Waals surface area (Å²) < 4.78 is 41.2. The van der Waals surface area contributed by atoms with Crippen molar-refractivity contribution in [2.45, 2.75) is 75.9 Å². The van der Waals surface area contributed by atoms with E-state index < -0.39 is 28.5 Å². The number of nitrogens with zero attached hydrogens (tertiary/aromatic N) is 2. The van der Waals surface area contributed by atoms with E-state index in [9.17, 15) is 18.0 Å². The quantitative estimate of drug-likeness (QED) is 0.159. The number of rotatable bonds is 14. The van der Waals surface area contributed by atoms with E-state index in [0.717, 1.165) is 58.7 Å². The molecule has 0 unspecified atom stereocenters. The minimum Gasteiger partial charge on any atom is -0.497 e. The zero-order valence-corrected chi connectivity index (χ0v) is 30.1. The average Bonchev–Trinajstić information content (AvgIpc) is 3.13. The third-order valence-electron chi connectivity index (χ3n) is 9.20. The minimum absolute atomic E-state index is 0.0123. The summed E-state index contributed by atoms with van der Waals surface area (Å²) >= 11 is 0. The van der Waals surface area contributed by atoms with Gasteiger partial charge in [0.1, 0.15) is 24.1 Å². The van der Waals surface area contributed by atoms with Gasteiger partial charge in [0.2, 0.25) is 11.8 Å². The first-order valence-corrected chi connectivity index (χ1v) is 18.5. The number of anilines is 1. The van der Waals surface area contributed by atoms with E-state index in [0.29, 0.717) is 11.5 Å². The van der Waals surface area contributed by atoms with Crippen LogP contribution in [0.1, 0.15) is 54.4 Å². The van der Waals surface area contributed by atoms with Crippen LogP contribution in [0.25, 0.3) is 0 Å². The predicted molar refractivity (Wildman–Crippen MR) is 196 cm³/mol.